The maximum absolute atomic E-state index is 12.0. The summed E-state index contributed by atoms with van der Waals surface area (Å²) in [7, 11) is 0. The van der Waals surface area contributed by atoms with E-state index in [1.54, 1.807) is 0 Å². The molecule has 1 aliphatic rings. The van der Waals surface area contributed by atoms with Crippen molar-refractivity contribution in [3.05, 3.63) is 0 Å². The number of aliphatic hydroxyl groups excluding tert-OH is 1. The second-order valence-electron chi connectivity index (χ2n) is 2.68. The van der Waals surface area contributed by atoms with Crippen molar-refractivity contribution < 1.29 is 18.3 Å². The van der Waals surface area contributed by atoms with Gasteiger partial charge in [-0.05, 0) is 19.4 Å². The van der Waals surface area contributed by atoms with Crippen molar-refractivity contribution in [3.63, 3.8) is 0 Å². The molecule has 0 aromatic rings. The van der Waals surface area contributed by atoms with Crippen LogP contribution in [0.1, 0.15) is 12.8 Å². The van der Waals surface area contributed by atoms with Crippen molar-refractivity contribution in [2.24, 2.45) is 0 Å². The molecule has 1 saturated heterocycles. The van der Waals surface area contributed by atoms with E-state index >= 15 is 0 Å². The second-order valence-corrected chi connectivity index (χ2v) is 2.68. The van der Waals surface area contributed by atoms with Gasteiger partial charge in [0.05, 0.1) is 6.10 Å². The quantitative estimate of drug-likeness (QED) is 0.558. The molecule has 0 aromatic heterocycles. The van der Waals surface area contributed by atoms with Crippen LogP contribution in [0.4, 0.5) is 13.2 Å². The van der Waals surface area contributed by atoms with Crippen LogP contribution in [-0.2, 0) is 0 Å². The minimum absolute atomic E-state index is 0.233. The molecule has 0 saturated carbocycles. The summed E-state index contributed by atoms with van der Waals surface area (Å²) in [6.45, 7) is 0.335. The summed E-state index contributed by atoms with van der Waals surface area (Å²) < 4.78 is 35.9. The standard InChI is InChI=1S/C6H10F3NO/c7-6(8,9)5-4(11)2-1-3-10-5/h4-5,10-11H,1-3H2/t4-,5-/m1/s1. The van der Waals surface area contributed by atoms with Gasteiger partial charge in [-0.15, -0.1) is 0 Å². The van der Waals surface area contributed by atoms with Crippen molar-refractivity contribution in [1.82, 2.24) is 5.32 Å². The Labute approximate surface area is 62.4 Å². The Bertz CT molecular complexity index is 136. The van der Waals surface area contributed by atoms with Crippen molar-refractivity contribution in [2.75, 3.05) is 6.54 Å². The van der Waals surface area contributed by atoms with E-state index in [1.165, 1.54) is 0 Å². The van der Waals surface area contributed by atoms with Crippen molar-refractivity contribution in [3.8, 4) is 0 Å². The van der Waals surface area contributed by atoms with Crippen LogP contribution in [0.3, 0.4) is 0 Å². The highest BCUT2D eigenvalue weighted by Crippen LogP contribution is 2.26. The monoisotopic (exact) mass is 169 g/mol. The molecule has 1 aliphatic heterocycles. The fourth-order valence-corrected chi connectivity index (χ4v) is 1.21. The molecule has 0 bridgehead atoms. The van der Waals surface area contributed by atoms with E-state index in [-0.39, 0.29) is 6.42 Å². The topological polar surface area (TPSA) is 32.3 Å². The first-order chi connectivity index (χ1) is 5.02. The number of nitrogens with one attached hydrogen (secondary N) is 1. The van der Waals surface area contributed by atoms with E-state index in [2.05, 4.69) is 5.32 Å². The zero-order valence-electron chi connectivity index (χ0n) is 5.86. The van der Waals surface area contributed by atoms with Crippen LogP contribution in [0.2, 0.25) is 0 Å². The minimum atomic E-state index is -4.32. The molecule has 0 unspecified atom stereocenters. The van der Waals surface area contributed by atoms with Gasteiger partial charge in [-0.1, -0.05) is 0 Å². The van der Waals surface area contributed by atoms with E-state index in [0.717, 1.165) is 0 Å². The van der Waals surface area contributed by atoms with Crippen LogP contribution < -0.4 is 5.32 Å². The molecule has 1 heterocycles. The average molecular weight is 169 g/mol. The van der Waals surface area contributed by atoms with Gasteiger partial charge >= 0.3 is 6.18 Å². The van der Waals surface area contributed by atoms with E-state index in [1.807, 2.05) is 0 Å². The van der Waals surface area contributed by atoms with Gasteiger partial charge in [-0.25, -0.2) is 0 Å². The molecule has 66 valence electrons. The Morgan fingerprint density at radius 1 is 1.36 bits per heavy atom. The Balaban J connectivity index is 2.55. The molecule has 0 aromatic carbocycles. The van der Waals surface area contributed by atoms with Gasteiger partial charge in [0.25, 0.3) is 0 Å². The number of aliphatic hydroxyl groups is 1. The molecule has 1 rings (SSSR count). The molecule has 2 atom stereocenters. The van der Waals surface area contributed by atoms with Crippen LogP contribution in [0, 0.1) is 0 Å². The Kier molecular flexibility index (Phi) is 2.39. The summed E-state index contributed by atoms with van der Waals surface area (Å²) in [5.41, 5.74) is 0. The maximum Gasteiger partial charge on any atom is 0.406 e. The molecule has 11 heavy (non-hydrogen) atoms. The van der Waals surface area contributed by atoms with Gasteiger partial charge in [0.2, 0.25) is 0 Å². The highest BCUT2D eigenvalue weighted by Gasteiger charge is 2.44. The molecule has 1 fully saturated rings. The lowest BCUT2D eigenvalue weighted by Crippen LogP contribution is -2.53. The van der Waals surface area contributed by atoms with Crippen LogP contribution in [0.5, 0.6) is 0 Å². The fraction of sp³-hybridized carbons (Fsp3) is 1.00. The lowest BCUT2D eigenvalue weighted by molar-refractivity contribution is -0.182. The lowest BCUT2D eigenvalue weighted by atomic mass is 10.0. The Hall–Kier alpha value is -0.290. The summed E-state index contributed by atoms with van der Waals surface area (Å²) >= 11 is 0. The molecule has 2 nitrogen and oxygen atoms in total. The molecule has 5 heteroatoms. The Morgan fingerprint density at radius 2 is 2.00 bits per heavy atom. The molecule has 2 N–H and O–H groups in total. The minimum Gasteiger partial charge on any atom is -0.391 e. The third-order valence-electron chi connectivity index (χ3n) is 1.78. The number of piperidine rings is 1. The van der Waals surface area contributed by atoms with Gasteiger partial charge in [0.1, 0.15) is 6.04 Å². The second kappa shape index (κ2) is 2.98. The van der Waals surface area contributed by atoms with E-state index in [0.29, 0.717) is 13.0 Å². The van der Waals surface area contributed by atoms with Gasteiger partial charge < -0.3 is 10.4 Å². The van der Waals surface area contributed by atoms with Gasteiger partial charge in [0.15, 0.2) is 0 Å². The summed E-state index contributed by atoms with van der Waals surface area (Å²) in [5.74, 6) is 0. The van der Waals surface area contributed by atoms with E-state index in [4.69, 9.17) is 5.11 Å². The van der Waals surface area contributed by atoms with Crippen molar-refractivity contribution in [1.29, 1.82) is 0 Å². The third kappa shape index (κ3) is 2.07. The average Bonchev–Trinajstić information content (AvgIpc) is 1.86. The van der Waals surface area contributed by atoms with Gasteiger partial charge in [-0.3, -0.25) is 0 Å². The normalized spacial score (nSPS) is 33.8. The first-order valence-electron chi connectivity index (χ1n) is 3.50. The number of alkyl halides is 3. The molecular formula is C6H10F3NO. The predicted octanol–water partition coefficient (Wildman–Crippen LogP) is 0.662. The van der Waals surface area contributed by atoms with Crippen molar-refractivity contribution >= 4 is 0 Å². The molecule has 0 radical (unpaired) electrons. The lowest BCUT2D eigenvalue weighted by Gasteiger charge is -2.30. The van der Waals surface area contributed by atoms with E-state index in [9.17, 15) is 13.2 Å². The number of halogens is 3. The molecular weight excluding hydrogens is 159 g/mol. The fourth-order valence-electron chi connectivity index (χ4n) is 1.21. The number of hydrogen-bond donors (Lipinski definition) is 2. The third-order valence-corrected chi connectivity index (χ3v) is 1.78. The first kappa shape index (κ1) is 8.80. The Morgan fingerprint density at radius 3 is 2.36 bits per heavy atom. The predicted molar refractivity (Wildman–Crippen MR) is 33.1 cm³/mol. The first-order valence-corrected chi connectivity index (χ1v) is 3.50. The SMILES string of the molecule is O[C@@H]1CCCN[C@H]1C(F)(F)F. The van der Waals surface area contributed by atoms with Crippen LogP contribution in [0.25, 0.3) is 0 Å². The highest BCUT2D eigenvalue weighted by molar-refractivity contribution is 4.86. The summed E-state index contributed by atoms with van der Waals surface area (Å²) in [4.78, 5) is 0. The summed E-state index contributed by atoms with van der Waals surface area (Å²) in [6, 6.07) is -1.73. The zero-order chi connectivity index (χ0) is 8.48. The van der Waals surface area contributed by atoms with Crippen molar-refractivity contribution in [2.45, 2.75) is 31.2 Å². The van der Waals surface area contributed by atoms with Gasteiger partial charge in [0, 0.05) is 0 Å². The maximum atomic E-state index is 12.0. The molecule has 0 aliphatic carbocycles. The summed E-state index contributed by atoms with van der Waals surface area (Å²) in [6.07, 6.45) is -4.76. The highest BCUT2D eigenvalue weighted by atomic mass is 19.4. The smallest absolute Gasteiger partial charge is 0.391 e. The largest absolute Gasteiger partial charge is 0.406 e. The molecule has 0 amide bonds. The zero-order valence-corrected chi connectivity index (χ0v) is 5.86. The van der Waals surface area contributed by atoms with Crippen LogP contribution in [0.15, 0.2) is 0 Å². The van der Waals surface area contributed by atoms with Gasteiger partial charge in [-0.2, -0.15) is 13.2 Å². The van der Waals surface area contributed by atoms with Crippen LogP contribution >= 0.6 is 0 Å². The number of hydrogen-bond acceptors (Lipinski definition) is 2. The molecule has 0 spiro atoms. The summed E-state index contributed by atoms with van der Waals surface area (Å²) in [5, 5.41) is 11.2. The van der Waals surface area contributed by atoms with E-state index < -0.39 is 18.3 Å². The van der Waals surface area contributed by atoms with Crippen LogP contribution in [-0.4, -0.2) is 30.0 Å². The number of rotatable bonds is 0.